The minimum absolute atomic E-state index is 0.233. The van der Waals surface area contributed by atoms with Gasteiger partial charge in [0.05, 0.1) is 7.11 Å². The number of hydrogen-bond acceptors (Lipinski definition) is 5. The molecule has 1 aromatic carbocycles. The molecule has 0 fully saturated rings. The van der Waals surface area contributed by atoms with Crippen molar-refractivity contribution in [3.8, 4) is 11.5 Å². The van der Waals surface area contributed by atoms with Gasteiger partial charge >= 0.3 is 0 Å². The Morgan fingerprint density at radius 1 is 1.24 bits per heavy atom. The summed E-state index contributed by atoms with van der Waals surface area (Å²) >= 11 is 1.72. The summed E-state index contributed by atoms with van der Waals surface area (Å²) in [5, 5.41) is 15.3. The summed E-state index contributed by atoms with van der Waals surface area (Å²) in [5.74, 6) is 1.32. The molecule has 0 saturated heterocycles. The van der Waals surface area contributed by atoms with Crippen molar-refractivity contribution in [3.05, 3.63) is 46.2 Å². The molecule has 0 aliphatic rings. The molecular weight excluding hydrogens is 286 g/mol. The Hall–Kier alpha value is -1.56. The fourth-order valence-corrected chi connectivity index (χ4v) is 2.80. The molecule has 2 aromatic rings. The number of nitrogens with one attached hydrogen (secondary N) is 1. The molecular formula is C16H21NO3S. The van der Waals surface area contributed by atoms with Crippen molar-refractivity contribution in [1.29, 1.82) is 0 Å². The van der Waals surface area contributed by atoms with E-state index >= 15 is 0 Å². The first-order chi connectivity index (χ1) is 10.2. The second-order valence-corrected chi connectivity index (χ2v) is 5.77. The van der Waals surface area contributed by atoms with Crippen LogP contribution in [0.15, 0.2) is 35.7 Å². The molecule has 1 heterocycles. The standard InChI is InChI=1S/C16H21NO3S/c1-12-7-8-21-16(12)10-17-9-13(18)11-20-15-6-4-3-5-14(15)19-2/h3-8,13,17-18H,9-11H2,1-2H3. The van der Waals surface area contributed by atoms with Gasteiger partial charge in [-0.3, -0.25) is 0 Å². The van der Waals surface area contributed by atoms with Gasteiger partial charge in [0.1, 0.15) is 12.7 Å². The third-order valence-corrected chi connectivity index (χ3v) is 4.16. The number of aliphatic hydroxyl groups is 1. The summed E-state index contributed by atoms with van der Waals surface area (Å²) in [5.41, 5.74) is 1.28. The van der Waals surface area contributed by atoms with E-state index in [2.05, 4.69) is 23.7 Å². The lowest BCUT2D eigenvalue weighted by molar-refractivity contribution is 0.104. The Morgan fingerprint density at radius 3 is 2.67 bits per heavy atom. The highest BCUT2D eigenvalue weighted by atomic mass is 32.1. The van der Waals surface area contributed by atoms with Crippen LogP contribution >= 0.6 is 11.3 Å². The van der Waals surface area contributed by atoms with Crippen LogP contribution in [0.2, 0.25) is 0 Å². The maximum Gasteiger partial charge on any atom is 0.161 e. The lowest BCUT2D eigenvalue weighted by atomic mass is 10.3. The molecule has 0 aliphatic carbocycles. The number of hydrogen-bond donors (Lipinski definition) is 2. The van der Waals surface area contributed by atoms with Crippen molar-refractivity contribution in [3.63, 3.8) is 0 Å². The number of aryl methyl sites for hydroxylation is 1. The lowest BCUT2D eigenvalue weighted by Gasteiger charge is -2.15. The highest BCUT2D eigenvalue weighted by Crippen LogP contribution is 2.25. The Bertz CT molecular complexity index is 556. The number of rotatable bonds is 8. The number of methoxy groups -OCH3 is 1. The van der Waals surface area contributed by atoms with Gasteiger partial charge in [0.2, 0.25) is 0 Å². The third kappa shape index (κ3) is 4.74. The summed E-state index contributed by atoms with van der Waals surface area (Å²) in [6, 6.07) is 9.52. The molecule has 114 valence electrons. The summed E-state index contributed by atoms with van der Waals surface area (Å²) in [7, 11) is 1.60. The Balaban J connectivity index is 1.72. The molecule has 0 radical (unpaired) electrons. The van der Waals surface area contributed by atoms with Gasteiger partial charge in [-0.15, -0.1) is 11.3 Å². The molecule has 4 nitrogen and oxygen atoms in total. The normalized spacial score (nSPS) is 12.1. The Labute approximate surface area is 129 Å². The van der Waals surface area contributed by atoms with E-state index in [1.165, 1.54) is 10.4 Å². The topological polar surface area (TPSA) is 50.7 Å². The highest BCUT2D eigenvalue weighted by molar-refractivity contribution is 7.10. The number of benzene rings is 1. The van der Waals surface area contributed by atoms with Crippen LogP contribution in [0.3, 0.4) is 0 Å². The zero-order valence-electron chi connectivity index (χ0n) is 12.3. The van der Waals surface area contributed by atoms with Crippen LogP contribution < -0.4 is 14.8 Å². The maximum absolute atomic E-state index is 9.95. The van der Waals surface area contributed by atoms with Gasteiger partial charge in [-0.1, -0.05) is 12.1 Å². The van der Waals surface area contributed by atoms with E-state index in [0.717, 1.165) is 6.54 Å². The van der Waals surface area contributed by atoms with Crippen molar-refractivity contribution < 1.29 is 14.6 Å². The first-order valence-electron chi connectivity index (χ1n) is 6.88. The van der Waals surface area contributed by atoms with E-state index in [-0.39, 0.29) is 6.61 Å². The average Bonchev–Trinajstić information content (AvgIpc) is 2.91. The highest BCUT2D eigenvalue weighted by Gasteiger charge is 2.08. The summed E-state index contributed by atoms with van der Waals surface area (Å²) in [4.78, 5) is 1.30. The van der Waals surface area contributed by atoms with Gasteiger partial charge in [0.25, 0.3) is 0 Å². The number of aliphatic hydroxyl groups excluding tert-OH is 1. The molecule has 0 amide bonds. The molecule has 2 rings (SSSR count). The van der Waals surface area contributed by atoms with Crippen molar-refractivity contribution in [2.75, 3.05) is 20.3 Å². The van der Waals surface area contributed by atoms with Crippen LogP contribution in [-0.4, -0.2) is 31.5 Å². The van der Waals surface area contributed by atoms with E-state index in [1.54, 1.807) is 18.4 Å². The molecule has 1 aromatic heterocycles. The maximum atomic E-state index is 9.95. The van der Waals surface area contributed by atoms with Gasteiger partial charge in [-0.05, 0) is 36.1 Å². The second-order valence-electron chi connectivity index (χ2n) is 4.77. The van der Waals surface area contributed by atoms with Gasteiger partial charge in [0, 0.05) is 18.0 Å². The van der Waals surface area contributed by atoms with Gasteiger partial charge in [-0.25, -0.2) is 0 Å². The van der Waals surface area contributed by atoms with E-state index in [1.807, 2.05) is 24.3 Å². The van der Waals surface area contributed by atoms with Crippen LogP contribution in [-0.2, 0) is 6.54 Å². The fraction of sp³-hybridized carbons (Fsp3) is 0.375. The van der Waals surface area contributed by atoms with E-state index in [4.69, 9.17) is 9.47 Å². The lowest BCUT2D eigenvalue weighted by Crippen LogP contribution is -2.31. The van der Waals surface area contributed by atoms with Crippen molar-refractivity contribution >= 4 is 11.3 Å². The monoisotopic (exact) mass is 307 g/mol. The number of thiophene rings is 1. The molecule has 1 unspecified atom stereocenters. The van der Waals surface area contributed by atoms with Crippen LogP contribution in [0.4, 0.5) is 0 Å². The zero-order chi connectivity index (χ0) is 15.1. The quantitative estimate of drug-likeness (QED) is 0.787. The molecule has 5 heteroatoms. The van der Waals surface area contributed by atoms with Gasteiger partial charge in [0.15, 0.2) is 11.5 Å². The minimum atomic E-state index is -0.560. The molecule has 0 spiro atoms. The minimum Gasteiger partial charge on any atom is -0.493 e. The zero-order valence-corrected chi connectivity index (χ0v) is 13.2. The van der Waals surface area contributed by atoms with E-state index < -0.39 is 6.10 Å². The largest absolute Gasteiger partial charge is 0.493 e. The van der Waals surface area contributed by atoms with Crippen LogP contribution in [0.5, 0.6) is 11.5 Å². The van der Waals surface area contributed by atoms with E-state index in [0.29, 0.717) is 18.0 Å². The molecule has 1 atom stereocenters. The Kier molecular flexibility index (Phi) is 6.04. The van der Waals surface area contributed by atoms with Gasteiger partial charge < -0.3 is 19.9 Å². The van der Waals surface area contributed by atoms with Crippen molar-refractivity contribution in [2.45, 2.75) is 19.6 Å². The van der Waals surface area contributed by atoms with Crippen LogP contribution in [0.1, 0.15) is 10.4 Å². The Morgan fingerprint density at radius 2 is 2.00 bits per heavy atom. The average molecular weight is 307 g/mol. The predicted molar refractivity (Wildman–Crippen MR) is 85.3 cm³/mol. The number of ether oxygens (including phenoxy) is 2. The SMILES string of the molecule is COc1ccccc1OCC(O)CNCc1sccc1C. The third-order valence-electron chi connectivity index (χ3n) is 3.13. The molecule has 2 N–H and O–H groups in total. The molecule has 0 aliphatic heterocycles. The molecule has 0 bridgehead atoms. The first-order valence-corrected chi connectivity index (χ1v) is 7.76. The second kappa shape index (κ2) is 8.02. The summed E-state index contributed by atoms with van der Waals surface area (Å²) < 4.78 is 10.8. The number of para-hydroxylation sites is 2. The molecule has 0 saturated carbocycles. The van der Waals surface area contributed by atoms with Crippen molar-refractivity contribution in [1.82, 2.24) is 5.32 Å². The van der Waals surface area contributed by atoms with E-state index in [9.17, 15) is 5.11 Å². The van der Waals surface area contributed by atoms with Crippen LogP contribution in [0.25, 0.3) is 0 Å². The van der Waals surface area contributed by atoms with Gasteiger partial charge in [-0.2, -0.15) is 0 Å². The first kappa shape index (κ1) is 15.8. The summed E-state index contributed by atoms with van der Waals surface area (Å²) in [6.07, 6.45) is -0.560. The van der Waals surface area contributed by atoms with Crippen LogP contribution in [0, 0.1) is 6.92 Å². The summed E-state index contributed by atoms with van der Waals surface area (Å²) in [6.45, 7) is 3.59. The fourth-order valence-electron chi connectivity index (χ4n) is 1.92. The predicted octanol–water partition coefficient (Wildman–Crippen LogP) is 2.59. The molecule has 21 heavy (non-hydrogen) atoms. The smallest absolute Gasteiger partial charge is 0.161 e. The van der Waals surface area contributed by atoms with Crippen molar-refractivity contribution in [2.24, 2.45) is 0 Å².